The molecule has 0 unspecified atom stereocenters. The number of piperidine rings is 1. The summed E-state index contributed by atoms with van der Waals surface area (Å²) in [6, 6.07) is 13.3. The van der Waals surface area contributed by atoms with Gasteiger partial charge in [-0.25, -0.2) is 4.90 Å². The van der Waals surface area contributed by atoms with E-state index in [-0.39, 0.29) is 11.8 Å². The fourth-order valence-corrected chi connectivity index (χ4v) is 4.79. The quantitative estimate of drug-likeness (QED) is 0.510. The molecule has 5 rings (SSSR count). The number of benzene rings is 2. The number of carbonyl (C=O) groups excluding carboxylic acids is 2. The van der Waals surface area contributed by atoms with Crippen LogP contribution in [0.4, 0.5) is 11.4 Å². The number of anilines is 2. The lowest BCUT2D eigenvalue weighted by Gasteiger charge is -2.32. The van der Waals surface area contributed by atoms with Gasteiger partial charge < -0.3 is 4.90 Å². The van der Waals surface area contributed by atoms with Crippen LogP contribution in [0.2, 0.25) is 0 Å². The Morgan fingerprint density at radius 3 is 2.34 bits per heavy atom. The third kappa shape index (κ3) is 2.85. The lowest BCUT2D eigenvalue weighted by molar-refractivity contribution is 0.0926. The summed E-state index contributed by atoms with van der Waals surface area (Å²) < 4.78 is 0.852. The van der Waals surface area contributed by atoms with Gasteiger partial charge in [0.25, 0.3) is 11.8 Å². The lowest BCUT2D eigenvalue weighted by Crippen LogP contribution is -2.34. The van der Waals surface area contributed by atoms with Crippen LogP contribution in [0, 0.1) is 6.92 Å². The predicted octanol–water partition coefficient (Wildman–Crippen LogP) is 5.10. The fraction of sp³-hybridized carbons (Fsp3) is 0.261. The SMILES string of the molecule is Cc1nc2ccc(Br)cc2c2c1C(=O)N(c1ccccc1N1CCCCC1)C2=O. The molecule has 0 spiro atoms. The zero-order valence-corrected chi connectivity index (χ0v) is 17.7. The van der Waals surface area contributed by atoms with E-state index < -0.39 is 0 Å². The molecule has 1 fully saturated rings. The van der Waals surface area contributed by atoms with Crippen LogP contribution in [0.1, 0.15) is 45.7 Å². The maximum atomic E-state index is 13.6. The molecule has 2 aromatic carbocycles. The van der Waals surface area contributed by atoms with E-state index in [1.165, 1.54) is 11.3 Å². The van der Waals surface area contributed by atoms with E-state index in [1.807, 2.05) is 42.5 Å². The average Bonchev–Trinajstić information content (AvgIpc) is 3.00. The highest BCUT2D eigenvalue weighted by molar-refractivity contribution is 9.10. The number of carbonyl (C=O) groups is 2. The van der Waals surface area contributed by atoms with Gasteiger partial charge in [0.15, 0.2) is 0 Å². The normalized spacial score (nSPS) is 16.6. The first-order valence-electron chi connectivity index (χ1n) is 9.89. The number of fused-ring (bicyclic) bond motifs is 3. The van der Waals surface area contributed by atoms with Crippen molar-refractivity contribution in [1.82, 2.24) is 4.98 Å². The summed E-state index contributed by atoms with van der Waals surface area (Å²) >= 11 is 3.47. The number of rotatable bonds is 2. The third-order valence-corrected chi connectivity index (χ3v) is 6.27. The largest absolute Gasteiger partial charge is 0.370 e. The van der Waals surface area contributed by atoms with Crippen LogP contribution in [0.5, 0.6) is 0 Å². The minimum Gasteiger partial charge on any atom is -0.370 e. The molecule has 2 amide bonds. The maximum Gasteiger partial charge on any atom is 0.268 e. The molecule has 1 saturated heterocycles. The van der Waals surface area contributed by atoms with Crippen LogP contribution in [-0.4, -0.2) is 29.9 Å². The predicted molar refractivity (Wildman–Crippen MR) is 118 cm³/mol. The zero-order chi connectivity index (χ0) is 20.1. The van der Waals surface area contributed by atoms with Gasteiger partial charge in [-0.3, -0.25) is 14.6 Å². The van der Waals surface area contributed by atoms with Crippen molar-refractivity contribution in [2.45, 2.75) is 26.2 Å². The van der Waals surface area contributed by atoms with Crippen molar-refractivity contribution in [1.29, 1.82) is 0 Å². The molecule has 2 aliphatic heterocycles. The molecule has 0 atom stereocenters. The molecule has 0 N–H and O–H groups in total. The molecule has 29 heavy (non-hydrogen) atoms. The highest BCUT2D eigenvalue weighted by Gasteiger charge is 2.41. The van der Waals surface area contributed by atoms with Crippen LogP contribution in [0.15, 0.2) is 46.9 Å². The molecule has 146 valence electrons. The van der Waals surface area contributed by atoms with Crippen LogP contribution in [-0.2, 0) is 0 Å². The standard InChI is InChI=1S/C23H20BrN3O2/c1-14-20-21(16-13-15(24)9-10-17(16)25-14)23(29)27(22(20)28)19-8-4-3-7-18(19)26-11-5-2-6-12-26/h3-4,7-10,13H,2,5-6,11-12H2,1H3. The number of aromatic nitrogens is 1. The van der Waals surface area contributed by atoms with E-state index in [1.54, 1.807) is 6.92 Å². The minimum absolute atomic E-state index is 0.275. The molecule has 0 aliphatic carbocycles. The molecule has 0 radical (unpaired) electrons. The van der Waals surface area contributed by atoms with Gasteiger partial charge in [-0.1, -0.05) is 28.1 Å². The molecule has 0 bridgehead atoms. The van der Waals surface area contributed by atoms with Gasteiger partial charge in [0, 0.05) is 22.9 Å². The smallest absolute Gasteiger partial charge is 0.268 e. The molecule has 0 saturated carbocycles. The Morgan fingerprint density at radius 1 is 0.897 bits per heavy atom. The molecular weight excluding hydrogens is 430 g/mol. The summed E-state index contributed by atoms with van der Waals surface area (Å²) in [4.78, 5) is 35.2. The number of imide groups is 1. The second kappa shape index (κ2) is 6.95. The number of aryl methyl sites for hydroxylation is 1. The molecule has 3 aromatic rings. The van der Waals surface area contributed by atoms with Gasteiger partial charge in [-0.15, -0.1) is 0 Å². The molecule has 5 nitrogen and oxygen atoms in total. The van der Waals surface area contributed by atoms with Gasteiger partial charge in [-0.2, -0.15) is 0 Å². The van der Waals surface area contributed by atoms with E-state index in [4.69, 9.17) is 0 Å². The van der Waals surface area contributed by atoms with Crippen molar-refractivity contribution >= 4 is 50.0 Å². The van der Waals surface area contributed by atoms with E-state index in [0.717, 1.165) is 41.6 Å². The van der Waals surface area contributed by atoms with Gasteiger partial charge in [0.05, 0.1) is 33.7 Å². The van der Waals surface area contributed by atoms with Crippen molar-refractivity contribution < 1.29 is 9.59 Å². The van der Waals surface area contributed by atoms with Gasteiger partial charge in [0.2, 0.25) is 0 Å². The topological polar surface area (TPSA) is 53.5 Å². The number of halogens is 1. The lowest BCUT2D eigenvalue weighted by atomic mass is 10.0. The second-order valence-electron chi connectivity index (χ2n) is 7.59. The molecule has 1 aromatic heterocycles. The van der Waals surface area contributed by atoms with Crippen LogP contribution in [0.25, 0.3) is 10.9 Å². The Kier molecular flexibility index (Phi) is 4.39. The summed E-state index contributed by atoms with van der Waals surface area (Å²) in [6.45, 7) is 3.68. The molecule has 6 heteroatoms. The van der Waals surface area contributed by atoms with Gasteiger partial charge in [0.1, 0.15) is 0 Å². The fourth-order valence-electron chi connectivity index (χ4n) is 4.43. The Bertz CT molecular complexity index is 1170. The van der Waals surface area contributed by atoms with Crippen molar-refractivity contribution in [3.63, 3.8) is 0 Å². The minimum atomic E-state index is -0.290. The molecule has 2 aliphatic rings. The number of para-hydroxylation sites is 2. The van der Waals surface area contributed by atoms with Crippen molar-refractivity contribution in [3.8, 4) is 0 Å². The number of pyridine rings is 1. The number of amides is 2. The Balaban J connectivity index is 1.68. The van der Waals surface area contributed by atoms with Crippen molar-refractivity contribution in [3.05, 3.63) is 63.8 Å². The molecule has 3 heterocycles. The van der Waals surface area contributed by atoms with E-state index in [9.17, 15) is 9.59 Å². The summed E-state index contributed by atoms with van der Waals surface area (Å²) in [7, 11) is 0. The van der Waals surface area contributed by atoms with Crippen LogP contribution >= 0.6 is 15.9 Å². The van der Waals surface area contributed by atoms with E-state index >= 15 is 0 Å². The molecular formula is C23H20BrN3O2. The first kappa shape index (κ1) is 18.3. The summed E-state index contributed by atoms with van der Waals surface area (Å²) in [5, 5.41) is 0.705. The first-order valence-corrected chi connectivity index (χ1v) is 10.7. The highest BCUT2D eigenvalue weighted by atomic mass is 79.9. The Labute approximate surface area is 177 Å². The Hall–Kier alpha value is -2.73. The van der Waals surface area contributed by atoms with Crippen molar-refractivity contribution in [2.24, 2.45) is 0 Å². The van der Waals surface area contributed by atoms with Crippen molar-refractivity contribution in [2.75, 3.05) is 22.9 Å². The monoisotopic (exact) mass is 449 g/mol. The number of hydrogen-bond donors (Lipinski definition) is 0. The maximum absolute atomic E-state index is 13.6. The first-order chi connectivity index (χ1) is 14.1. The average molecular weight is 450 g/mol. The summed E-state index contributed by atoms with van der Waals surface area (Å²) in [6.07, 6.45) is 3.47. The summed E-state index contributed by atoms with van der Waals surface area (Å²) in [5.41, 5.74) is 3.77. The van der Waals surface area contributed by atoms with Gasteiger partial charge >= 0.3 is 0 Å². The van der Waals surface area contributed by atoms with E-state index in [0.29, 0.717) is 27.9 Å². The highest BCUT2D eigenvalue weighted by Crippen LogP contribution is 2.39. The van der Waals surface area contributed by atoms with Crippen LogP contribution < -0.4 is 9.80 Å². The number of nitrogens with zero attached hydrogens (tertiary/aromatic N) is 3. The van der Waals surface area contributed by atoms with Crippen LogP contribution in [0.3, 0.4) is 0 Å². The van der Waals surface area contributed by atoms with Gasteiger partial charge in [-0.05, 0) is 56.5 Å². The Morgan fingerprint density at radius 2 is 1.59 bits per heavy atom. The third-order valence-electron chi connectivity index (χ3n) is 5.78. The second-order valence-corrected chi connectivity index (χ2v) is 8.51. The summed E-state index contributed by atoms with van der Waals surface area (Å²) in [5.74, 6) is -0.565. The number of hydrogen-bond acceptors (Lipinski definition) is 4. The van der Waals surface area contributed by atoms with E-state index in [2.05, 4.69) is 25.8 Å². The zero-order valence-electron chi connectivity index (χ0n) is 16.1.